The highest BCUT2D eigenvalue weighted by atomic mass is 19.1. The largest absolute Gasteiger partial charge is 0.463 e. The van der Waals surface area contributed by atoms with Crippen LogP contribution in [0.25, 0.3) is 11.1 Å². The normalized spacial score (nSPS) is 10.7. The Bertz CT molecular complexity index is 787. The van der Waals surface area contributed by atoms with E-state index in [1.165, 1.54) is 12.1 Å². The monoisotopic (exact) mass is 357 g/mol. The molecular weight excluding hydrogens is 333 g/mol. The van der Waals surface area contributed by atoms with Gasteiger partial charge in [-0.15, -0.1) is 0 Å². The molecule has 0 saturated heterocycles. The summed E-state index contributed by atoms with van der Waals surface area (Å²) in [5.74, 6) is -1.27. The molecule has 0 unspecified atom stereocenters. The summed E-state index contributed by atoms with van der Waals surface area (Å²) >= 11 is 0. The zero-order chi connectivity index (χ0) is 19.1. The molecule has 0 aliphatic rings. The highest BCUT2D eigenvalue weighted by molar-refractivity contribution is 5.95. The summed E-state index contributed by atoms with van der Waals surface area (Å²) in [6, 6.07) is 12.0. The van der Waals surface area contributed by atoms with E-state index in [9.17, 15) is 14.0 Å². The molecule has 2 aromatic carbocycles. The lowest BCUT2D eigenvalue weighted by Gasteiger charge is -2.11. The number of esters is 1. The first-order valence-corrected chi connectivity index (χ1v) is 8.77. The van der Waals surface area contributed by atoms with Gasteiger partial charge in [0.15, 0.2) is 0 Å². The zero-order valence-electron chi connectivity index (χ0n) is 15.3. The van der Waals surface area contributed by atoms with Crippen LogP contribution in [-0.4, -0.2) is 24.5 Å². The van der Waals surface area contributed by atoms with Gasteiger partial charge < -0.3 is 10.1 Å². The molecule has 0 saturated carbocycles. The van der Waals surface area contributed by atoms with Crippen molar-refractivity contribution in [2.24, 2.45) is 0 Å². The summed E-state index contributed by atoms with van der Waals surface area (Å²) < 4.78 is 19.1. The number of ether oxygens (including phenoxy) is 1. The lowest BCUT2D eigenvalue weighted by Crippen LogP contribution is -2.27. The summed E-state index contributed by atoms with van der Waals surface area (Å²) in [6.07, 6.45) is 0.694. The summed E-state index contributed by atoms with van der Waals surface area (Å²) in [5.41, 5.74) is 2.87. The second kappa shape index (κ2) is 9.13. The average molecular weight is 357 g/mol. The molecule has 0 aliphatic heterocycles. The van der Waals surface area contributed by atoms with Crippen molar-refractivity contribution >= 4 is 11.9 Å². The van der Waals surface area contributed by atoms with Gasteiger partial charge in [-0.05, 0) is 55.2 Å². The van der Waals surface area contributed by atoms with Crippen LogP contribution in [0.1, 0.15) is 43.1 Å². The molecule has 0 spiro atoms. The van der Waals surface area contributed by atoms with Crippen molar-refractivity contribution in [1.29, 1.82) is 0 Å². The van der Waals surface area contributed by atoms with Crippen LogP contribution < -0.4 is 5.32 Å². The molecule has 138 valence electrons. The number of aryl methyl sites for hydroxylation is 1. The van der Waals surface area contributed by atoms with Crippen molar-refractivity contribution in [2.75, 3.05) is 6.54 Å². The minimum atomic E-state index is -0.474. The number of rotatable bonds is 7. The molecule has 5 heteroatoms. The molecule has 1 amide bonds. The number of hydrogen-bond donors (Lipinski definition) is 1. The van der Waals surface area contributed by atoms with Gasteiger partial charge in [0.1, 0.15) is 5.82 Å². The summed E-state index contributed by atoms with van der Waals surface area (Å²) in [7, 11) is 0. The Labute approximate surface area is 153 Å². The Hall–Kier alpha value is -2.69. The molecule has 1 N–H and O–H groups in total. The van der Waals surface area contributed by atoms with Gasteiger partial charge in [0.05, 0.1) is 12.5 Å². The predicted molar refractivity (Wildman–Crippen MR) is 99.4 cm³/mol. The molecule has 2 aromatic rings. The summed E-state index contributed by atoms with van der Waals surface area (Å²) in [4.78, 5) is 23.8. The molecular formula is C21H24FNO3. The fourth-order valence-corrected chi connectivity index (χ4v) is 2.69. The first kappa shape index (κ1) is 19.6. The van der Waals surface area contributed by atoms with Crippen molar-refractivity contribution in [2.45, 2.75) is 39.7 Å². The highest BCUT2D eigenvalue weighted by Crippen LogP contribution is 2.26. The third-order valence-corrected chi connectivity index (χ3v) is 3.85. The van der Waals surface area contributed by atoms with E-state index in [2.05, 4.69) is 5.32 Å². The fraction of sp³-hybridized carbons (Fsp3) is 0.333. The van der Waals surface area contributed by atoms with Gasteiger partial charge in [-0.1, -0.05) is 31.2 Å². The van der Waals surface area contributed by atoms with E-state index in [4.69, 9.17) is 4.74 Å². The molecule has 0 atom stereocenters. The maximum atomic E-state index is 14.0. The molecule has 0 radical (unpaired) electrons. The summed E-state index contributed by atoms with van der Waals surface area (Å²) in [6.45, 7) is 5.70. The molecule has 26 heavy (non-hydrogen) atoms. The Morgan fingerprint density at radius 2 is 1.88 bits per heavy atom. The third kappa shape index (κ3) is 5.41. The smallest absolute Gasteiger partial charge is 0.307 e. The van der Waals surface area contributed by atoms with Gasteiger partial charge in [-0.3, -0.25) is 9.59 Å². The van der Waals surface area contributed by atoms with Crippen LogP contribution in [0.5, 0.6) is 0 Å². The van der Waals surface area contributed by atoms with Crippen LogP contribution in [0.15, 0.2) is 42.5 Å². The second-order valence-corrected chi connectivity index (χ2v) is 6.28. The van der Waals surface area contributed by atoms with Gasteiger partial charge in [-0.25, -0.2) is 4.39 Å². The van der Waals surface area contributed by atoms with Gasteiger partial charge in [0.2, 0.25) is 0 Å². The molecule has 0 aromatic heterocycles. The SMILES string of the molecule is CCc1ccccc1-c1cc(F)cc(C(=O)NCCC(=O)OC(C)C)c1. The molecule has 4 nitrogen and oxygen atoms in total. The Morgan fingerprint density at radius 3 is 2.58 bits per heavy atom. The Kier molecular flexibility index (Phi) is 6.89. The first-order valence-electron chi connectivity index (χ1n) is 8.77. The number of carbonyl (C=O) groups is 2. The Morgan fingerprint density at radius 1 is 1.15 bits per heavy atom. The van der Waals surface area contributed by atoms with Gasteiger partial charge in [0, 0.05) is 12.1 Å². The quantitative estimate of drug-likeness (QED) is 0.758. The van der Waals surface area contributed by atoms with E-state index in [1.807, 2.05) is 31.2 Å². The van der Waals surface area contributed by atoms with Crippen LogP contribution in [0.2, 0.25) is 0 Å². The Balaban J connectivity index is 2.11. The molecule has 0 aliphatic carbocycles. The number of hydrogen-bond acceptors (Lipinski definition) is 3. The molecule has 0 heterocycles. The predicted octanol–water partition coefficient (Wildman–Crippen LogP) is 4.13. The van der Waals surface area contributed by atoms with Crippen LogP contribution in [0.4, 0.5) is 4.39 Å². The van der Waals surface area contributed by atoms with Crippen molar-refractivity contribution in [3.8, 4) is 11.1 Å². The van der Waals surface area contributed by atoms with E-state index >= 15 is 0 Å². The lowest BCUT2D eigenvalue weighted by molar-refractivity contribution is -0.147. The molecule has 0 bridgehead atoms. The molecule has 0 fully saturated rings. The van der Waals surface area contributed by atoms with Crippen molar-refractivity contribution < 1.29 is 18.7 Å². The zero-order valence-corrected chi connectivity index (χ0v) is 15.3. The van der Waals surface area contributed by atoms with E-state index < -0.39 is 11.7 Å². The van der Waals surface area contributed by atoms with Crippen LogP contribution in [0, 0.1) is 5.82 Å². The number of halogens is 1. The maximum absolute atomic E-state index is 14.0. The summed E-state index contributed by atoms with van der Waals surface area (Å²) in [5, 5.41) is 2.63. The number of amides is 1. The van der Waals surface area contributed by atoms with E-state index in [1.54, 1.807) is 19.9 Å². The second-order valence-electron chi connectivity index (χ2n) is 6.28. The van der Waals surface area contributed by atoms with Gasteiger partial charge in [0.25, 0.3) is 5.91 Å². The first-order chi connectivity index (χ1) is 12.4. The molecule has 2 rings (SSSR count). The van der Waals surface area contributed by atoms with Crippen molar-refractivity contribution in [3.63, 3.8) is 0 Å². The minimum Gasteiger partial charge on any atom is -0.463 e. The number of benzene rings is 2. The maximum Gasteiger partial charge on any atom is 0.307 e. The van der Waals surface area contributed by atoms with E-state index in [-0.39, 0.29) is 30.6 Å². The van der Waals surface area contributed by atoms with Gasteiger partial charge >= 0.3 is 5.97 Å². The minimum absolute atomic E-state index is 0.0742. The highest BCUT2D eigenvalue weighted by Gasteiger charge is 2.12. The third-order valence-electron chi connectivity index (χ3n) is 3.85. The topological polar surface area (TPSA) is 55.4 Å². The standard InChI is InChI=1S/C21H24FNO3/c1-4-15-7-5-6-8-19(15)16-11-17(13-18(22)12-16)21(25)23-10-9-20(24)26-14(2)3/h5-8,11-14H,4,9-10H2,1-3H3,(H,23,25). The lowest BCUT2D eigenvalue weighted by atomic mass is 9.96. The van der Waals surface area contributed by atoms with Crippen molar-refractivity contribution in [3.05, 3.63) is 59.4 Å². The van der Waals surface area contributed by atoms with Gasteiger partial charge in [-0.2, -0.15) is 0 Å². The number of nitrogens with one attached hydrogen (secondary N) is 1. The van der Waals surface area contributed by atoms with E-state index in [0.717, 1.165) is 17.5 Å². The van der Waals surface area contributed by atoms with Crippen LogP contribution in [0.3, 0.4) is 0 Å². The average Bonchev–Trinajstić information content (AvgIpc) is 2.60. The van der Waals surface area contributed by atoms with Crippen LogP contribution >= 0.6 is 0 Å². The fourth-order valence-electron chi connectivity index (χ4n) is 2.69. The van der Waals surface area contributed by atoms with E-state index in [0.29, 0.717) is 5.56 Å². The number of carbonyl (C=O) groups excluding carboxylic acids is 2. The van der Waals surface area contributed by atoms with Crippen molar-refractivity contribution in [1.82, 2.24) is 5.32 Å². The van der Waals surface area contributed by atoms with Crippen LogP contribution in [-0.2, 0) is 16.0 Å².